The average Bonchev–Trinajstić information content (AvgIpc) is 2.40. The number of piperazine rings is 1. The zero-order chi connectivity index (χ0) is 16.2. The minimum Gasteiger partial charge on any atom is -0.342 e. The molecule has 3 atom stereocenters. The van der Waals surface area contributed by atoms with Crippen molar-refractivity contribution in [2.24, 2.45) is 11.8 Å². The summed E-state index contributed by atoms with van der Waals surface area (Å²) in [5.41, 5.74) is -0.702. The fraction of sp³-hybridized carbons (Fsp3) is 0.882. The Kier molecular flexibility index (Phi) is 6.24. The van der Waals surface area contributed by atoms with E-state index in [-0.39, 0.29) is 17.9 Å². The maximum Gasteiger partial charge on any atom is 0.246 e. The molecule has 1 aliphatic heterocycles. The molecular weight excluding hydrogens is 264 g/mol. The van der Waals surface area contributed by atoms with E-state index in [2.05, 4.69) is 33.0 Å². The first kappa shape index (κ1) is 18.0. The highest BCUT2D eigenvalue weighted by atomic mass is 16.2. The summed E-state index contributed by atoms with van der Waals surface area (Å²) in [5, 5.41) is 2.94. The summed E-state index contributed by atoms with van der Waals surface area (Å²) in [6.07, 6.45) is 3.55. The molecule has 1 saturated heterocycles. The molecule has 21 heavy (non-hydrogen) atoms. The molecule has 0 aromatic carbocycles. The Labute approximate surface area is 129 Å². The van der Waals surface area contributed by atoms with Crippen molar-refractivity contribution in [1.82, 2.24) is 10.2 Å². The van der Waals surface area contributed by atoms with E-state index in [0.29, 0.717) is 31.2 Å². The largest absolute Gasteiger partial charge is 0.342 e. The van der Waals surface area contributed by atoms with Crippen LogP contribution in [0.15, 0.2) is 0 Å². The molecule has 0 bridgehead atoms. The molecule has 1 aliphatic rings. The minimum absolute atomic E-state index is 0.000974. The SMILES string of the molecule is CCCC(C)CN1C(=O)C(CC(C)C)NC(=O)C1(C)CC. The van der Waals surface area contributed by atoms with Crippen molar-refractivity contribution in [3.63, 3.8) is 0 Å². The van der Waals surface area contributed by atoms with Crippen LogP contribution in [0, 0.1) is 11.8 Å². The van der Waals surface area contributed by atoms with Gasteiger partial charge in [0.1, 0.15) is 11.6 Å². The van der Waals surface area contributed by atoms with Crippen LogP contribution in [0.4, 0.5) is 0 Å². The molecule has 0 aliphatic carbocycles. The zero-order valence-corrected chi connectivity index (χ0v) is 14.5. The Bertz CT molecular complexity index is 381. The maximum absolute atomic E-state index is 12.8. The topological polar surface area (TPSA) is 49.4 Å². The number of nitrogens with one attached hydrogen (secondary N) is 1. The summed E-state index contributed by atoms with van der Waals surface area (Å²) in [7, 11) is 0. The van der Waals surface area contributed by atoms with Crippen LogP contribution in [0.25, 0.3) is 0 Å². The number of amides is 2. The van der Waals surface area contributed by atoms with Crippen LogP contribution in [0.2, 0.25) is 0 Å². The fourth-order valence-electron chi connectivity index (χ4n) is 3.10. The predicted molar refractivity (Wildman–Crippen MR) is 85.9 cm³/mol. The molecule has 4 heteroatoms. The fourth-order valence-corrected chi connectivity index (χ4v) is 3.10. The van der Waals surface area contributed by atoms with Crippen LogP contribution in [-0.4, -0.2) is 34.8 Å². The summed E-state index contributed by atoms with van der Waals surface area (Å²) < 4.78 is 0. The van der Waals surface area contributed by atoms with Crippen LogP contribution in [-0.2, 0) is 9.59 Å². The number of carbonyl (C=O) groups is 2. The molecule has 122 valence electrons. The minimum atomic E-state index is -0.702. The predicted octanol–water partition coefficient (Wildman–Crippen LogP) is 2.96. The van der Waals surface area contributed by atoms with Gasteiger partial charge in [-0.1, -0.05) is 41.0 Å². The van der Waals surface area contributed by atoms with Crippen molar-refractivity contribution >= 4 is 11.8 Å². The van der Waals surface area contributed by atoms with Gasteiger partial charge in [0.05, 0.1) is 0 Å². The Morgan fingerprint density at radius 3 is 2.33 bits per heavy atom. The molecule has 4 nitrogen and oxygen atoms in total. The second kappa shape index (κ2) is 7.28. The summed E-state index contributed by atoms with van der Waals surface area (Å²) in [6.45, 7) is 13.0. The van der Waals surface area contributed by atoms with Crippen LogP contribution in [0.1, 0.15) is 67.2 Å². The first-order valence-corrected chi connectivity index (χ1v) is 8.38. The summed E-state index contributed by atoms with van der Waals surface area (Å²) in [4.78, 5) is 27.2. The van der Waals surface area contributed by atoms with Gasteiger partial charge in [-0.25, -0.2) is 0 Å². The number of hydrogen-bond acceptors (Lipinski definition) is 2. The normalized spacial score (nSPS) is 28.0. The third-order valence-corrected chi connectivity index (χ3v) is 4.63. The highest BCUT2D eigenvalue weighted by molar-refractivity contribution is 5.99. The van der Waals surface area contributed by atoms with Gasteiger partial charge < -0.3 is 10.2 Å². The molecule has 1 heterocycles. The van der Waals surface area contributed by atoms with E-state index in [1.807, 2.05) is 18.7 Å². The van der Waals surface area contributed by atoms with Gasteiger partial charge >= 0.3 is 0 Å². The lowest BCUT2D eigenvalue weighted by molar-refractivity contribution is -0.158. The van der Waals surface area contributed by atoms with Crippen LogP contribution in [0.5, 0.6) is 0 Å². The summed E-state index contributed by atoms with van der Waals surface area (Å²) in [5.74, 6) is 0.908. The lowest BCUT2D eigenvalue weighted by atomic mass is 9.87. The number of nitrogens with zero attached hydrogens (tertiary/aromatic N) is 1. The van der Waals surface area contributed by atoms with Crippen molar-refractivity contribution in [2.45, 2.75) is 78.8 Å². The molecule has 0 aromatic heterocycles. The van der Waals surface area contributed by atoms with E-state index in [4.69, 9.17) is 0 Å². The van der Waals surface area contributed by atoms with Gasteiger partial charge in [0.15, 0.2) is 0 Å². The van der Waals surface area contributed by atoms with E-state index < -0.39 is 5.54 Å². The highest BCUT2D eigenvalue weighted by Crippen LogP contribution is 2.28. The monoisotopic (exact) mass is 296 g/mol. The second-order valence-corrected chi connectivity index (χ2v) is 7.13. The van der Waals surface area contributed by atoms with E-state index >= 15 is 0 Å². The molecule has 0 aromatic rings. The number of rotatable bonds is 7. The Hall–Kier alpha value is -1.06. The Morgan fingerprint density at radius 1 is 1.24 bits per heavy atom. The quantitative estimate of drug-likeness (QED) is 0.785. The van der Waals surface area contributed by atoms with Crippen LogP contribution < -0.4 is 5.32 Å². The first-order valence-electron chi connectivity index (χ1n) is 8.38. The van der Waals surface area contributed by atoms with Crippen molar-refractivity contribution in [2.75, 3.05) is 6.54 Å². The van der Waals surface area contributed by atoms with Crippen LogP contribution in [0.3, 0.4) is 0 Å². The smallest absolute Gasteiger partial charge is 0.246 e. The van der Waals surface area contributed by atoms with Gasteiger partial charge in [-0.15, -0.1) is 0 Å². The van der Waals surface area contributed by atoms with Gasteiger partial charge in [-0.05, 0) is 38.0 Å². The maximum atomic E-state index is 12.8. The molecule has 2 amide bonds. The molecule has 0 radical (unpaired) electrons. The van der Waals surface area contributed by atoms with Crippen LogP contribution >= 0.6 is 0 Å². The summed E-state index contributed by atoms with van der Waals surface area (Å²) in [6, 6.07) is -0.356. The molecular formula is C17H32N2O2. The van der Waals surface area contributed by atoms with Gasteiger partial charge in [-0.3, -0.25) is 9.59 Å². The average molecular weight is 296 g/mol. The number of hydrogen-bond donors (Lipinski definition) is 1. The standard InChI is InChI=1S/C17H32N2O2/c1-7-9-13(5)11-19-15(20)14(10-12(3)4)18-16(21)17(19,6)8-2/h12-14H,7-11H2,1-6H3,(H,18,21). The van der Waals surface area contributed by atoms with E-state index in [9.17, 15) is 9.59 Å². The van der Waals surface area contributed by atoms with Gasteiger partial charge in [0.2, 0.25) is 11.8 Å². The van der Waals surface area contributed by atoms with Crippen molar-refractivity contribution in [3.8, 4) is 0 Å². The molecule has 1 rings (SSSR count). The van der Waals surface area contributed by atoms with Crippen molar-refractivity contribution in [3.05, 3.63) is 0 Å². The molecule has 3 unspecified atom stereocenters. The zero-order valence-electron chi connectivity index (χ0n) is 14.5. The van der Waals surface area contributed by atoms with Gasteiger partial charge in [0, 0.05) is 6.54 Å². The lowest BCUT2D eigenvalue weighted by Crippen LogP contribution is -2.70. The third-order valence-electron chi connectivity index (χ3n) is 4.63. The highest BCUT2D eigenvalue weighted by Gasteiger charge is 2.48. The lowest BCUT2D eigenvalue weighted by Gasteiger charge is -2.47. The number of carbonyl (C=O) groups excluding carboxylic acids is 2. The second-order valence-electron chi connectivity index (χ2n) is 7.13. The van der Waals surface area contributed by atoms with Gasteiger partial charge in [0.25, 0.3) is 0 Å². The Balaban J connectivity index is 2.98. The van der Waals surface area contributed by atoms with E-state index in [1.165, 1.54) is 0 Å². The molecule has 0 spiro atoms. The molecule has 1 fully saturated rings. The first-order chi connectivity index (χ1) is 9.76. The van der Waals surface area contributed by atoms with Crippen molar-refractivity contribution < 1.29 is 9.59 Å². The Morgan fingerprint density at radius 2 is 1.86 bits per heavy atom. The third kappa shape index (κ3) is 3.98. The van der Waals surface area contributed by atoms with E-state index in [0.717, 1.165) is 12.8 Å². The van der Waals surface area contributed by atoms with Crippen molar-refractivity contribution in [1.29, 1.82) is 0 Å². The molecule has 0 saturated carbocycles. The summed E-state index contributed by atoms with van der Waals surface area (Å²) >= 11 is 0. The van der Waals surface area contributed by atoms with E-state index in [1.54, 1.807) is 0 Å². The van der Waals surface area contributed by atoms with Gasteiger partial charge in [-0.2, -0.15) is 0 Å². The molecule has 1 N–H and O–H groups in total.